The fraction of sp³-hybridized carbons (Fsp3) is 0.167. The van der Waals surface area contributed by atoms with Crippen LogP contribution in [0.5, 0.6) is 17.2 Å². The Labute approximate surface area is 186 Å². The Morgan fingerprint density at radius 3 is 2.55 bits per heavy atom. The third-order valence-corrected chi connectivity index (χ3v) is 4.71. The third kappa shape index (κ3) is 5.99. The number of halogens is 1. The number of ether oxygens (including phenoxy) is 3. The first-order valence-electron chi connectivity index (χ1n) is 9.71. The highest BCUT2D eigenvalue weighted by Crippen LogP contribution is 2.29. The topological polar surface area (TPSA) is 69.2 Å². The number of para-hydroxylation sites is 1. The third-order valence-electron chi connectivity index (χ3n) is 4.34. The standard InChI is InChI=1S/C24H23ClN2O4/c1-3-30-23-14-17(12-13-22(23)31-16-18-8-4-6-10-20(18)25)15-26-27-24(28)19-9-5-7-11-21(19)29-2/h4-15H,3,16H2,1-2H3,(H,27,28)/b26-15-. The highest BCUT2D eigenvalue weighted by molar-refractivity contribution is 6.31. The monoisotopic (exact) mass is 438 g/mol. The highest BCUT2D eigenvalue weighted by atomic mass is 35.5. The molecule has 0 atom stereocenters. The number of benzene rings is 3. The zero-order valence-electron chi connectivity index (χ0n) is 17.3. The number of carbonyl (C=O) groups excluding carboxylic acids is 1. The molecule has 1 N–H and O–H groups in total. The van der Waals surface area contributed by atoms with Crippen molar-refractivity contribution in [2.75, 3.05) is 13.7 Å². The number of nitrogens with zero attached hydrogens (tertiary/aromatic N) is 1. The summed E-state index contributed by atoms with van der Waals surface area (Å²) in [6, 6.07) is 19.9. The molecule has 0 saturated heterocycles. The number of hydrogen-bond acceptors (Lipinski definition) is 5. The summed E-state index contributed by atoms with van der Waals surface area (Å²) in [4.78, 5) is 12.3. The van der Waals surface area contributed by atoms with Gasteiger partial charge < -0.3 is 14.2 Å². The van der Waals surface area contributed by atoms with Gasteiger partial charge in [0.25, 0.3) is 5.91 Å². The lowest BCUT2D eigenvalue weighted by atomic mass is 10.2. The molecule has 0 aliphatic heterocycles. The minimum absolute atomic E-state index is 0.322. The summed E-state index contributed by atoms with van der Waals surface area (Å²) in [5.74, 6) is 1.29. The number of amides is 1. The first-order valence-corrected chi connectivity index (χ1v) is 10.1. The van der Waals surface area contributed by atoms with Crippen LogP contribution in [0.15, 0.2) is 71.8 Å². The zero-order valence-corrected chi connectivity index (χ0v) is 18.1. The lowest BCUT2D eigenvalue weighted by Gasteiger charge is -2.13. The van der Waals surface area contributed by atoms with E-state index < -0.39 is 0 Å². The molecule has 0 unspecified atom stereocenters. The SMILES string of the molecule is CCOc1cc(/C=N\NC(=O)c2ccccc2OC)ccc1OCc1ccccc1Cl. The Hall–Kier alpha value is -3.51. The quantitative estimate of drug-likeness (QED) is 0.373. The van der Waals surface area contributed by atoms with Gasteiger partial charge in [0.05, 0.1) is 25.5 Å². The van der Waals surface area contributed by atoms with Gasteiger partial charge in [0, 0.05) is 10.6 Å². The maximum atomic E-state index is 12.3. The van der Waals surface area contributed by atoms with Crippen LogP contribution in [0, 0.1) is 0 Å². The molecule has 160 valence electrons. The first kappa shape index (κ1) is 22.2. The van der Waals surface area contributed by atoms with Crippen molar-refractivity contribution in [3.63, 3.8) is 0 Å². The predicted octanol–water partition coefficient (Wildman–Crippen LogP) is 5.09. The van der Waals surface area contributed by atoms with Crippen LogP contribution in [-0.2, 0) is 6.61 Å². The molecule has 0 aliphatic carbocycles. The fourth-order valence-corrected chi connectivity index (χ4v) is 3.01. The van der Waals surface area contributed by atoms with Gasteiger partial charge in [-0.3, -0.25) is 4.79 Å². The molecule has 0 fully saturated rings. The molecule has 0 heterocycles. The summed E-state index contributed by atoms with van der Waals surface area (Å²) < 4.78 is 16.8. The van der Waals surface area contributed by atoms with Crippen molar-refractivity contribution in [1.29, 1.82) is 0 Å². The van der Waals surface area contributed by atoms with E-state index in [1.54, 1.807) is 36.4 Å². The van der Waals surface area contributed by atoms with Crippen LogP contribution in [0.2, 0.25) is 5.02 Å². The van der Waals surface area contributed by atoms with Crippen LogP contribution < -0.4 is 19.6 Å². The number of carbonyl (C=O) groups is 1. The number of rotatable bonds is 9. The molecule has 6 nitrogen and oxygen atoms in total. The van der Waals surface area contributed by atoms with Gasteiger partial charge in [0.1, 0.15) is 12.4 Å². The second kappa shape index (κ2) is 11.0. The van der Waals surface area contributed by atoms with E-state index in [2.05, 4.69) is 10.5 Å². The van der Waals surface area contributed by atoms with E-state index in [0.717, 1.165) is 11.1 Å². The molecule has 1 amide bonds. The van der Waals surface area contributed by atoms with Crippen molar-refractivity contribution in [3.05, 3.63) is 88.4 Å². The van der Waals surface area contributed by atoms with Crippen LogP contribution in [0.3, 0.4) is 0 Å². The van der Waals surface area contributed by atoms with Gasteiger partial charge in [0.2, 0.25) is 0 Å². The second-order valence-corrected chi connectivity index (χ2v) is 6.83. The molecule has 0 aromatic heterocycles. The highest BCUT2D eigenvalue weighted by Gasteiger charge is 2.11. The predicted molar refractivity (Wildman–Crippen MR) is 121 cm³/mol. The largest absolute Gasteiger partial charge is 0.496 e. The molecule has 0 radical (unpaired) electrons. The Morgan fingerprint density at radius 2 is 1.77 bits per heavy atom. The maximum Gasteiger partial charge on any atom is 0.275 e. The van der Waals surface area contributed by atoms with Crippen LogP contribution in [0.1, 0.15) is 28.4 Å². The molecular weight excluding hydrogens is 416 g/mol. The molecule has 7 heteroatoms. The molecule has 0 spiro atoms. The van der Waals surface area contributed by atoms with Gasteiger partial charge in [0.15, 0.2) is 11.5 Å². The number of nitrogens with one attached hydrogen (secondary N) is 1. The van der Waals surface area contributed by atoms with Crippen molar-refractivity contribution in [3.8, 4) is 17.2 Å². The summed E-state index contributed by atoms with van der Waals surface area (Å²) in [6.45, 7) is 2.70. The molecule has 3 aromatic rings. The van der Waals surface area contributed by atoms with Gasteiger partial charge in [-0.1, -0.05) is 41.9 Å². The Bertz CT molecular complexity index is 1070. The van der Waals surface area contributed by atoms with E-state index in [9.17, 15) is 4.79 Å². The molecule has 31 heavy (non-hydrogen) atoms. The van der Waals surface area contributed by atoms with Crippen molar-refractivity contribution in [2.24, 2.45) is 5.10 Å². The lowest BCUT2D eigenvalue weighted by Crippen LogP contribution is -2.18. The zero-order chi connectivity index (χ0) is 22.1. The van der Waals surface area contributed by atoms with Crippen molar-refractivity contribution >= 4 is 23.7 Å². The number of hydrogen-bond donors (Lipinski definition) is 1. The second-order valence-electron chi connectivity index (χ2n) is 6.42. The van der Waals surface area contributed by atoms with Gasteiger partial charge >= 0.3 is 0 Å². The van der Waals surface area contributed by atoms with Crippen LogP contribution in [0.25, 0.3) is 0 Å². The summed E-state index contributed by atoms with van der Waals surface area (Å²) in [7, 11) is 1.51. The van der Waals surface area contributed by atoms with E-state index >= 15 is 0 Å². The maximum absolute atomic E-state index is 12.3. The van der Waals surface area contributed by atoms with Crippen molar-refractivity contribution in [1.82, 2.24) is 5.43 Å². The Balaban J connectivity index is 1.68. The number of methoxy groups -OCH3 is 1. The summed E-state index contributed by atoms with van der Waals surface area (Å²) in [5, 5.41) is 4.68. The Kier molecular flexibility index (Phi) is 7.90. The molecule has 3 rings (SSSR count). The average molecular weight is 439 g/mol. The molecule has 0 aliphatic rings. The normalized spacial score (nSPS) is 10.7. The summed E-state index contributed by atoms with van der Waals surface area (Å²) >= 11 is 6.19. The van der Waals surface area contributed by atoms with Gasteiger partial charge in [-0.2, -0.15) is 5.10 Å². The van der Waals surface area contributed by atoms with Crippen molar-refractivity contribution in [2.45, 2.75) is 13.5 Å². The Morgan fingerprint density at radius 1 is 1.00 bits per heavy atom. The lowest BCUT2D eigenvalue weighted by molar-refractivity contribution is 0.0952. The average Bonchev–Trinajstić information content (AvgIpc) is 2.79. The summed E-state index contributed by atoms with van der Waals surface area (Å²) in [5.41, 5.74) is 4.54. The molecule has 3 aromatic carbocycles. The van der Waals surface area contributed by atoms with Gasteiger partial charge in [-0.05, 0) is 48.9 Å². The van der Waals surface area contributed by atoms with E-state index in [4.69, 9.17) is 25.8 Å². The van der Waals surface area contributed by atoms with Crippen LogP contribution in [-0.4, -0.2) is 25.8 Å². The van der Waals surface area contributed by atoms with Crippen LogP contribution in [0.4, 0.5) is 0 Å². The smallest absolute Gasteiger partial charge is 0.275 e. The fourth-order valence-electron chi connectivity index (χ4n) is 2.82. The summed E-state index contributed by atoms with van der Waals surface area (Å²) in [6.07, 6.45) is 1.54. The van der Waals surface area contributed by atoms with E-state index in [0.29, 0.717) is 41.0 Å². The molecular formula is C24H23ClN2O4. The minimum atomic E-state index is -0.363. The van der Waals surface area contributed by atoms with Gasteiger partial charge in [-0.15, -0.1) is 0 Å². The van der Waals surface area contributed by atoms with Crippen molar-refractivity contribution < 1.29 is 19.0 Å². The molecule has 0 bridgehead atoms. The van der Waals surface area contributed by atoms with E-state index in [1.807, 2.05) is 37.3 Å². The number of hydrazone groups is 1. The minimum Gasteiger partial charge on any atom is -0.496 e. The van der Waals surface area contributed by atoms with E-state index in [1.165, 1.54) is 13.3 Å². The molecule has 0 saturated carbocycles. The van der Waals surface area contributed by atoms with Crippen LogP contribution >= 0.6 is 11.6 Å². The van der Waals surface area contributed by atoms with E-state index in [-0.39, 0.29) is 5.91 Å². The first-order chi connectivity index (χ1) is 15.1. The van der Waals surface area contributed by atoms with Gasteiger partial charge in [-0.25, -0.2) is 5.43 Å².